The second-order valence-electron chi connectivity index (χ2n) is 23.1. The summed E-state index contributed by atoms with van der Waals surface area (Å²) in [6.07, 6.45) is 0. The number of fused-ring (bicyclic) bond motifs is 12. The minimum absolute atomic E-state index is 0.0251. The molecule has 5 nitrogen and oxygen atoms in total. The Labute approximate surface area is 438 Å². The number of hydrogen-bond donors (Lipinski definition) is 0. The number of hydrogen-bond acceptors (Lipinski definition) is 4. The van der Waals surface area contributed by atoms with Gasteiger partial charge in [-0.25, -0.2) is 0 Å². The number of benzene rings is 10. The quantitative estimate of drug-likeness (QED) is 0.161. The number of anilines is 9. The minimum Gasteiger partial charge on any atom is -0.455 e. The lowest BCUT2D eigenvalue weighted by molar-refractivity contribution is 0.590. The Kier molecular flexibility index (Phi) is 9.14. The van der Waals surface area contributed by atoms with Gasteiger partial charge in [-0.3, -0.25) is 0 Å². The van der Waals surface area contributed by atoms with Crippen LogP contribution in [0.15, 0.2) is 211 Å². The molecule has 6 heteroatoms. The van der Waals surface area contributed by atoms with E-state index >= 15 is 0 Å². The van der Waals surface area contributed by atoms with Crippen LogP contribution in [0.1, 0.15) is 58.2 Å². The highest BCUT2D eigenvalue weighted by atomic mass is 16.3. The molecule has 5 heterocycles. The fourth-order valence-electron chi connectivity index (χ4n) is 12.9. The van der Waals surface area contributed by atoms with Crippen molar-refractivity contribution in [1.82, 2.24) is 4.57 Å². The van der Waals surface area contributed by atoms with Crippen molar-refractivity contribution < 1.29 is 4.42 Å². The molecule has 10 aromatic carbocycles. The van der Waals surface area contributed by atoms with E-state index in [9.17, 15) is 0 Å². The molecule has 12 aromatic rings. The molecule has 0 aliphatic carbocycles. The average molecular weight is 967 g/mol. The van der Waals surface area contributed by atoms with E-state index in [1.165, 1.54) is 83.3 Å². The highest BCUT2D eigenvalue weighted by Gasteiger charge is 2.46. The Morgan fingerprint density at radius 2 is 1.05 bits per heavy atom. The van der Waals surface area contributed by atoms with Crippen LogP contribution in [-0.4, -0.2) is 11.3 Å². The topological polar surface area (TPSA) is 27.8 Å². The van der Waals surface area contributed by atoms with E-state index in [1.807, 2.05) is 6.07 Å². The van der Waals surface area contributed by atoms with Crippen LogP contribution in [0.5, 0.6) is 0 Å². The molecule has 15 rings (SSSR count). The summed E-state index contributed by atoms with van der Waals surface area (Å²) in [5, 5.41) is 4.80. The van der Waals surface area contributed by atoms with Gasteiger partial charge in [0.25, 0.3) is 6.71 Å². The summed E-state index contributed by atoms with van der Waals surface area (Å²) in [6.45, 7) is 15.9. The first-order valence-electron chi connectivity index (χ1n) is 26.5. The molecule has 75 heavy (non-hydrogen) atoms. The van der Waals surface area contributed by atoms with Gasteiger partial charge in [0.15, 0.2) is 0 Å². The molecule has 0 atom stereocenters. The second kappa shape index (κ2) is 15.6. The van der Waals surface area contributed by atoms with E-state index in [0.717, 1.165) is 61.5 Å². The minimum atomic E-state index is -0.0415. The Bertz CT molecular complexity index is 4280. The average Bonchev–Trinajstić information content (AvgIpc) is 4.15. The van der Waals surface area contributed by atoms with Crippen LogP contribution in [0, 0.1) is 6.92 Å². The van der Waals surface area contributed by atoms with Crippen LogP contribution in [0.25, 0.3) is 60.6 Å². The maximum atomic E-state index is 6.59. The van der Waals surface area contributed by atoms with E-state index < -0.39 is 0 Å². The molecular weight excluding hydrogens is 912 g/mol. The van der Waals surface area contributed by atoms with Crippen molar-refractivity contribution in [2.75, 3.05) is 14.7 Å². The molecular formula is C69H55BN4O. The van der Waals surface area contributed by atoms with E-state index in [1.54, 1.807) is 0 Å². The molecule has 0 amide bonds. The van der Waals surface area contributed by atoms with Gasteiger partial charge >= 0.3 is 0 Å². The summed E-state index contributed by atoms with van der Waals surface area (Å²) in [4.78, 5) is 7.58. The smallest absolute Gasteiger partial charge is 0.252 e. The number of furan rings is 1. The number of rotatable bonds is 5. The zero-order valence-corrected chi connectivity index (χ0v) is 43.4. The van der Waals surface area contributed by atoms with Gasteiger partial charge < -0.3 is 23.7 Å². The highest BCUT2D eigenvalue weighted by Crippen LogP contribution is 2.53. The maximum absolute atomic E-state index is 6.59. The fraction of sp³-hybridized carbons (Fsp3) is 0.130. The van der Waals surface area contributed by atoms with Crippen molar-refractivity contribution in [1.29, 1.82) is 0 Å². The molecule has 3 aliphatic rings. The predicted octanol–water partition coefficient (Wildman–Crippen LogP) is 17.1. The van der Waals surface area contributed by atoms with Gasteiger partial charge in [0.05, 0.1) is 28.1 Å². The third-order valence-electron chi connectivity index (χ3n) is 16.4. The molecule has 0 saturated carbocycles. The molecule has 360 valence electrons. The summed E-state index contributed by atoms with van der Waals surface area (Å²) >= 11 is 0. The van der Waals surface area contributed by atoms with Gasteiger partial charge in [0.1, 0.15) is 11.2 Å². The summed E-state index contributed by atoms with van der Waals surface area (Å²) in [5.41, 5.74) is 25.9. The molecule has 0 fully saturated rings. The molecule has 0 saturated heterocycles. The van der Waals surface area contributed by atoms with Crippen molar-refractivity contribution in [3.05, 3.63) is 223 Å². The molecule has 0 N–H and O–H groups in total. The van der Waals surface area contributed by atoms with E-state index in [0.29, 0.717) is 0 Å². The third kappa shape index (κ3) is 6.39. The Morgan fingerprint density at radius 1 is 0.453 bits per heavy atom. The van der Waals surface area contributed by atoms with E-state index in [-0.39, 0.29) is 17.5 Å². The first-order chi connectivity index (χ1) is 36.4. The Morgan fingerprint density at radius 3 is 1.77 bits per heavy atom. The second-order valence-corrected chi connectivity index (χ2v) is 23.1. The maximum Gasteiger partial charge on any atom is 0.252 e. The fourth-order valence-corrected chi connectivity index (χ4v) is 12.9. The van der Waals surface area contributed by atoms with Crippen LogP contribution in [0.2, 0.25) is 0 Å². The molecule has 3 aliphatic heterocycles. The molecule has 0 bridgehead atoms. The number of aromatic nitrogens is 1. The third-order valence-corrected chi connectivity index (χ3v) is 16.4. The Hall–Kier alpha value is -8.74. The van der Waals surface area contributed by atoms with Gasteiger partial charge in [-0.1, -0.05) is 163 Å². The standard InChI is InChI=1S/C69H55BN4O/c1-42-39-61-64-62(40-42)74-58-22-13-18-53-51-15-8-10-21-57(51)73(65(53)58)59-23-14-20-56(66(59)74)70(64)55-38-37-49(71(46-33-27-44(28-34-46)68(2,3)4)47-35-29-45(30-36-47)69(5,6)7)41-60(55)72(61)48-31-25-43(26-32-48)50-17-12-19-54-52-16-9-11-24-63(52)75-67(50)54/h8-41H,1-7H3. The monoisotopic (exact) mass is 966 g/mol. The summed E-state index contributed by atoms with van der Waals surface area (Å²) < 4.78 is 9.12. The number of aryl methyl sites for hydroxylation is 1. The molecule has 0 spiro atoms. The summed E-state index contributed by atoms with van der Waals surface area (Å²) in [5.74, 6) is 0. The molecule has 0 radical (unpaired) electrons. The normalized spacial score (nSPS) is 13.5. The lowest BCUT2D eigenvalue weighted by Gasteiger charge is -2.46. The SMILES string of the molecule is Cc1cc2c3c(c1)N1c4c(cccc4-n4c5ccccc5c5cccc1c54)B3c1ccc(N(c3ccc(C(C)(C)C)cc3)c3ccc(C(C)(C)C)cc3)cc1N2c1ccc(-c2cccc3c2oc2ccccc23)cc1. The first kappa shape index (κ1) is 43.8. The van der Waals surface area contributed by atoms with E-state index in [4.69, 9.17) is 4.42 Å². The van der Waals surface area contributed by atoms with Gasteiger partial charge in [0.2, 0.25) is 0 Å². The lowest BCUT2D eigenvalue weighted by Crippen LogP contribution is -2.61. The van der Waals surface area contributed by atoms with Gasteiger partial charge in [-0.15, -0.1) is 0 Å². The van der Waals surface area contributed by atoms with Crippen LogP contribution in [-0.2, 0) is 10.8 Å². The largest absolute Gasteiger partial charge is 0.455 e. The van der Waals surface area contributed by atoms with Crippen molar-refractivity contribution in [2.24, 2.45) is 0 Å². The zero-order chi connectivity index (χ0) is 50.6. The highest BCUT2D eigenvalue weighted by molar-refractivity contribution is 7.00. The van der Waals surface area contributed by atoms with Gasteiger partial charge in [0, 0.05) is 66.9 Å². The first-order valence-corrected chi connectivity index (χ1v) is 26.5. The summed E-state index contributed by atoms with van der Waals surface area (Å²) in [6, 6.07) is 77.3. The number of para-hydroxylation sites is 5. The van der Waals surface area contributed by atoms with Crippen molar-refractivity contribution in [2.45, 2.75) is 59.3 Å². The zero-order valence-electron chi connectivity index (χ0n) is 43.4. The Balaban J connectivity index is 0.977. The van der Waals surface area contributed by atoms with Gasteiger partial charge in [-0.05, 0) is 141 Å². The van der Waals surface area contributed by atoms with Crippen LogP contribution < -0.4 is 31.1 Å². The molecule has 0 unspecified atom stereocenters. The lowest BCUT2D eigenvalue weighted by atomic mass is 9.33. The van der Waals surface area contributed by atoms with Crippen molar-refractivity contribution in [3.8, 4) is 16.8 Å². The predicted molar refractivity (Wildman–Crippen MR) is 318 cm³/mol. The van der Waals surface area contributed by atoms with Crippen LogP contribution >= 0.6 is 0 Å². The van der Waals surface area contributed by atoms with Crippen LogP contribution in [0.3, 0.4) is 0 Å². The van der Waals surface area contributed by atoms with E-state index in [2.05, 4.69) is 268 Å². The van der Waals surface area contributed by atoms with Crippen LogP contribution in [0.4, 0.5) is 51.2 Å². The van der Waals surface area contributed by atoms with Crippen molar-refractivity contribution >= 4 is 118 Å². The number of nitrogens with zero attached hydrogens (tertiary/aromatic N) is 4. The van der Waals surface area contributed by atoms with Crippen molar-refractivity contribution in [3.63, 3.8) is 0 Å². The summed E-state index contributed by atoms with van der Waals surface area (Å²) in [7, 11) is 0. The van der Waals surface area contributed by atoms with Gasteiger partial charge in [-0.2, -0.15) is 0 Å². The molecule has 2 aromatic heterocycles.